The van der Waals surface area contributed by atoms with Gasteiger partial charge < -0.3 is 18.9 Å². The van der Waals surface area contributed by atoms with Crippen LogP contribution in [-0.4, -0.2) is 19.5 Å². The zero-order valence-corrected chi connectivity index (χ0v) is 15.2. The molecule has 0 saturated carbocycles. The van der Waals surface area contributed by atoms with E-state index in [-0.39, 0.29) is 5.24 Å². The molecule has 0 aliphatic heterocycles. The first kappa shape index (κ1) is 18.1. The summed E-state index contributed by atoms with van der Waals surface area (Å²) in [5, 5.41) is 0.0491. The summed E-state index contributed by atoms with van der Waals surface area (Å²) in [6, 6.07) is 11.7. The molecule has 4 nitrogen and oxygen atoms in total. The Morgan fingerprint density at radius 1 is 1.04 bits per heavy atom. The molecule has 0 atom stereocenters. The second-order valence-electron chi connectivity index (χ2n) is 5.24. The summed E-state index contributed by atoms with van der Waals surface area (Å²) >= 11 is 4.98. The van der Waals surface area contributed by atoms with Crippen LogP contribution in [0.5, 0.6) is 17.2 Å². The monoisotopic (exact) mass is 346 g/mol. The van der Waals surface area contributed by atoms with Crippen molar-refractivity contribution in [3.63, 3.8) is 0 Å². The van der Waals surface area contributed by atoms with E-state index in [1.807, 2.05) is 25.1 Å². The van der Waals surface area contributed by atoms with Crippen LogP contribution in [0.25, 0.3) is 0 Å². The van der Waals surface area contributed by atoms with E-state index in [2.05, 4.69) is 19.1 Å². The standard InChI is InChI=1S/C19H22O4S/c1-5-14-9-10-16(13(2)11-14)22-12-15-17(20-3)7-6-8-18(15)23-19(24)21-4/h6-11H,5,12H2,1-4H3. The third kappa shape index (κ3) is 4.38. The number of thiocarbonyl (C=S) groups is 1. The van der Waals surface area contributed by atoms with E-state index in [9.17, 15) is 0 Å². The maximum absolute atomic E-state index is 5.98. The fraction of sp³-hybridized carbons (Fsp3) is 0.316. The highest BCUT2D eigenvalue weighted by atomic mass is 32.1. The Kier molecular flexibility index (Phi) is 6.44. The second kappa shape index (κ2) is 8.55. The maximum Gasteiger partial charge on any atom is 0.357 e. The zero-order valence-electron chi connectivity index (χ0n) is 14.4. The highest BCUT2D eigenvalue weighted by molar-refractivity contribution is 7.79. The van der Waals surface area contributed by atoms with Crippen molar-refractivity contribution in [2.75, 3.05) is 14.2 Å². The van der Waals surface area contributed by atoms with Crippen LogP contribution in [0.1, 0.15) is 23.6 Å². The molecule has 0 amide bonds. The van der Waals surface area contributed by atoms with Gasteiger partial charge in [0.25, 0.3) is 0 Å². The molecule has 0 radical (unpaired) electrons. The van der Waals surface area contributed by atoms with Crippen molar-refractivity contribution in [2.24, 2.45) is 0 Å². The number of benzene rings is 2. The van der Waals surface area contributed by atoms with Gasteiger partial charge in [-0.05, 0) is 42.7 Å². The molecule has 0 aromatic heterocycles. The Hall–Kier alpha value is -2.27. The quantitative estimate of drug-likeness (QED) is 0.722. The summed E-state index contributed by atoms with van der Waals surface area (Å²) in [6.45, 7) is 4.47. The Bertz CT molecular complexity index is 713. The van der Waals surface area contributed by atoms with E-state index in [4.69, 9.17) is 31.2 Å². The fourth-order valence-electron chi connectivity index (χ4n) is 2.35. The van der Waals surface area contributed by atoms with Crippen LogP contribution in [0.15, 0.2) is 36.4 Å². The molecular weight excluding hydrogens is 324 g/mol. The summed E-state index contributed by atoms with van der Waals surface area (Å²) in [4.78, 5) is 0. The van der Waals surface area contributed by atoms with Crippen LogP contribution in [0.4, 0.5) is 0 Å². The van der Waals surface area contributed by atoms with Crippen LogP contribution in [0.3, 0.4) is 0 Å². The van der Waals surface area contributed by atoms with Gasteiger partial charge in [0.05, 0.1) is 19.8 Å². The van der Waals surface area contributed by atoms with Crippen LogP contribution in [0, 0.1) is 6.92 Å². The maximum atomic E-state index is 5.98. The van der Waals surface area contributed by atoms with E-state index in [1.54, 1.807) is 13.2 Å². The van der Waals surface area contributed by atoms with Crippen molar-refractivity contribution in [1.29, 1.82) is 0 Å². The molecule has 0 saturated heterocycles. The minimum absolute atomic E-state index is 0.0491. The number of hydrogen-bond donors (Lipinski definition) is 0. The predicted molar refractivity (Wildman–Crippen MR) is 98.1 cm³/mol. The van der Waals surface area contributed by atoms with Gasteiger partial charge in [0.2, 0.25) is 0 Å². The average molecular weight is 346 g/mol. The Labute approximate surface area is 148 Å². The number of ether oxygens (including phenoxy) is 4. The largest absolute Gasteiger partial charge is 0.496 e. The minimum Gasteiger partial charge on any atom is -0.496 e. The van der Waals surface area contributed by atoms with Gasteiger partial charge in [-0.3, -0.25) is 0 Å². The van der Waals surface area contributed by atoms with E-state index in [0.717, 1.165) is 23.3 Å². The molecule has 128 valence electrons. The molecule has 5 heteroatoms. The van der Waals surface area contributed by atoms with Crippen LogP contribution < -0.4 is 14.2 Å². The third-order valence-electron chi connectivity index (χ3n) is 3.69. The normalized spacial score (nSPS) is 10.2. The van der Waals surface area contributed by atoms with Gasteiger partial charge in [0.15, 0.2) is 0 Å². The summed E-state index contributed by atoms with van der Waals surface area (Å²) in [5.74, 6) is 2.07. The zero-order chi connectivity index (χ0) is 17.5. The second-order valence-corrected chi connectivity index (χ2v) is 5.57. The van der Waals surface area contributed by atoms with E-state index in [1.165, 1.54) is 12.7 Å². The van der Waals surface area contributed by atoms with Gasteiger partial charge in [-0.15, -0.1) is 0 Å². The summed E-state index contributed by atoms with van der Waals surface area (Å²) in [6.07, 6.45) is 1.00. The highest BCUT2D eigenvalue weighted by Crippen LogP contribution is 2.31. The highest BCUT2D eigenvalue weighted by Gasteiger charge is 2.14. The first-order valence-electron chi connectivity index (χ1n) is 7.73. The molecular formula is C19H22O4S. The summed E-state index contributed by atoms with van der Waals surface area (Å²) in [5.41, 5.74) is 3.16. The van der Waals surface area contributed by atoms with Crippen molar-refractivity contribution in [1.82, 2.24) is 0 Å². The van der Waals surface area contributed by atoms with E-state index < -0.39 is 0 Å². The Morgan fingerprint density at radius 3 is 2.42 bits per heavy atom. The lowest BCUT2D eigenvalue weighted by molar-refractivity contribution is 0.280. The van der Waals surface area contributed by atoms with Gasteiger partial charge in [-0.2, -0.15) is 0 Å². The molecule has 0 fully saturated rings. The first-order valence-corrected chi connectivity index (χ1v) is 8.13. The van der Waals surface area contributed by atoms with Gasteiger partial charge in [0, 0.05) is 12.2 Å². The lowest BCUT2D eigenvalue weighted by Gasteiger charge is -2.16. The van der Waals surface area contributed by atoms with Crippen molar-refractivity contribution in [2.45, 2.75) is 26.9 Å². The van der Waals surface area contributed by atoms with Crippen molar-refractivity contribution in [3.8, 4) is 17.2 Å². The van der Waals surface area contributed by atoms with Gasteiger partial charge in [-0.1, -0.05) is 25.1 Å². The SMILES string of the molecule is CCc1ccc(OCc2c(OC)cccc2OC(=S)OC)c(C)c1. The molecule has 2 rings (SSSR count). The first-order chi connectivity index (χ1) is 11.6. The number of methoxy groups -OCH3 is 2. The molecule has 2 aromatic rings. The van der Waals surface area contributed by atoms with Crippen molar-refractivity contribution in [3.05, 3.63) is 53.1 Å². The van der Waals surface area contributed by atoms with Gasteiger partial charge in [-0.25, -0.2) is 0 Å². The molecule has 0 N–H and O–H groups in total. The molecule has 0 aliphatic carbocycles. The lowest BCUT2D eigenvalue weighted by atomic mass is 10.1. The fourth-order valence-corrected chi connectivity index (χ4v) is 2.44. The molecule has 0 spiro atoms. The summed E-state index contributed by atoms with van der Waals surface area (Å²) in [7, 11) is 3.08. The molecule has 0 unspecified atom stereocenters. The van der Waals surface area contributed by atoms with Crippen molar-refractivity contribution >= 4 is 17.5 Å². The number of aryl methyl sites for hydroxylation is 2. The van der Waals surface area contributed by atoms with Crippen molar-refractivity contribution < 1.29 is 18.9 Å². The average Bonchev–Trinajstić information content (AvgIpc) is 2.60. The summed E-state index contributed by atoms with van der Waals surface area (Å²) < 4.78 is 21.8. The predicted octanol–water partition coefficient (Wildman–Crippen LogP) is 4.46. The van der Waals surface area contributed by atoms with Crippen LogP contribution >= 0.6 is 12.2 Å². The Balaban J connectivity index is 2.23. The molecule has 0 heterocycles. The number of rotatable bonds is 6. The minimum atomic E-state index is 0.0491. The van der Waals surface area contributed by atoms with E-state index in [0.29, 0.717) is 18.1 Å². The smallest absolute Gasteiger partial charge is 0.357 e. The third-order valence-corrected chi connectivity index (χ3v) is 3.94. The molecule has 24 heavy (non-hydrogen) atoms. The lowest BCUT2D eigenvalue weighted by Crippen LogP contribution is -2.10. The van der Waals surface area contributed by atoms with Gasteiger partial charge in [0.1, 0.15) is 23.9 Å². The molecule has 2 aromatic carbocycles. The number of hydrogen-bond acceptors (Lipinski definition) is 5. The Morgan fingerprint density at radius 2 is 1.79 bits per heavy atom. The molecule has 0 aliphatic rings. The van der Waals surface area contributed by atoms with Crippen LogP contribution in [-0.2, 0) is 17.8 Å². The molecule has 0 bridgehead atoms. The topological polar surface area (TPSA) is 36.9 Å². The van der Waals surface area contributed by atoms with E-state index >= 15 is 0 Å². The van der Waals surface area contributed by atoms with Gasteiger partial charge >= 0.3 is 5.24 Å². The van der Waals surface area contributed by atoms with Crippen LogP contribution in [0.2, 0.25) is 0 Å².